The lowest BCUT2D eigenvalue weighted by atomic mass is 10.3. The summed E-state index contributed by atoms with van der Waals surface area (Å²) in [4.78, 5) is 8.84. The average molecular weight is 352 g/mol. The molecule has 0 unspecified atom stereocenters. The van der Waals surface area contributed by atoms with E-state index in [9.17, 15) is 4.39 Å². The Morgan fingerprint density at radius 2 is 2.14 bits per heavy atom. The minimum atomic E-state index is -0.391. The van der Waals surface area contributed by atoms with Gasteiger partial charge in [0.05, 0.1) is 6.61 Å². The lowest BCUT2D eigenvalue weighted by molar-refractivity contribution is 0.321. The predicted octanol–water partition coefficient (Wildman–Crippen LogP) is 4.40. The summed E-state index contributed by atoms with van der Waals surface area (Å²) >= 11 is 3.38. The summed E-state index contributed by atoms with van der Waals surface area (Å²) in [6, 6.07) is 6.55. The first-order chi connectivity index (χ1) is 10.2. The zero-order valence-electron chi connectivity index (χ0n) is 11.6. The molecule has 3 rings (SSSR count). The van der Waals surface area contributed by atoms with Gasteiger partial charge < -0.3 is 10.1 Å². The van der Waals surface area contributed by atoms with Crippen LogP contribution < -0.4 is 10.1 Å². The molecule has 0 spiro atoms. The molecule has 1 aromatic carbocycles. The highest BCUT2D eigenvalue weighted by molar-refractivity contribution is 9.10. The molecule has 1 aromatic heterocycles. The fraction of sp³-hybridized carbons (Fsp3) is 0.333. The van der Waals surface area contributed by atoms with Gasteiger partial charge in [0.15, 0.2) is 11.6 Å². The number of halogens is 2. The molecular formula is C15H15BrFN3O. The van der Waals surface area contributed by atoms with Crippen LogP contribution in [0.4, 0.5) is 15.9 Å². The number of anilines is 2. The molecule has 6 heteroatoms. The van der Waals surface area contributed by atoms with Gasteiger partial charge >= 0.3 is 0 Å². The number of benzene rings is 1. The molecule has 0 saturated heterocycles. The molecule has 2 aromatic rings. The molecule has 0 atom stereocenters. The van der Waals surface area contributed by atoms with Gasteiger partial charge in [-0.1, -0.05) is 0 Å². The van der Waals surface area contributed by atoms with Crippen LogP contribution in [0.25, 0.3) is 0 Å². The lowest BCUT2D eigenvalue weighted by Gasteiger charge is -2.10. The zero-order chi connectivity index (χ0) is 14.8. The van der Waals surface area contributed by atoms with E-state index in [4.69, 9.17) is 4.74 Å². The van der Waals surface area contributed by atoms with Crippen LogP contribution in [0.2, 0.25) is 0 Å². The van der Waals surface area contributed by atoms with E-state index in [-0.39, 0.29) is 5.75 Å². The van der Waals surface area contributed by atoms with Crippen molar-refractivity contribution in [1.82, 2.24) is 9.97 Å². The first-order valence-electron chi connectivity index (χ1n) is 6.89. The number of hydrogen-bond donors (Lipinski definition) is 1. The summed E-state index contributed by atoms with van der Waals surface area (Å²) in [5.74, 6) is 1.81. The number of nitrogens with one attached hydrogen (secondary N) is 1. The maximum absolute atomic E-state index is 13.8. The van der Waals surface area contributed by atoms with Crippen molar-refractivity contribution in [3.8, 4) is 5.75 Å². The fourth-order valence-electron chi connectivity index (χ4n) is 2.02. The van der Waals surface area contributed by atoms with Gasteiger partial charge in [-0.2, -0.15) is 0 Å². The Balaban J connectivity index is 1.81. The summed E-state index contributed by atoms with van der Waals surface area (Å²) in [5, 5.41) is 3.10. The predicted molar refractivity (Wildman–Crippen MR) is 82.6 cm³/mol. The highest BCUT2D eigenvalue weighted by Gasteiger charge is 2.27. The van der Waals surface area contributed by atoms with Crippen molar-refractivity contribution in [1.29, 1.82) is 0 Å². The van der Waals surface area contributed by atoms with Crippen molar-refractivity contribution < 1.29 is 9.13 Å². The van der Waals surface area contributed by atoms with Crippen LogP contribution in [-0.2, 0) is 0 Å². The molecule has 1 N–H and O–H groups in total. The van der Waals surface area contributed by atoms with Crippen LogP contribution in [0.3, 0.4) is 0 Å². The van der Waals surface area contributed by atoms with E-state index in [1.807, 2.05) is 6.92 Å². The third kappa shape index (κ3) is 3.50. The number of hydrogen-bond acceptors (Lipinski definition) is 4. The monoisotopic (exact) mass is 351 g/mol. The lowest BCUT2D eigenvalue weighted by Crippen LogP contribution is -2.01. The Labute approximate surface area is 130 Å². The Bertz CT molecular complexity index is 661. The molecule has 1 aliphatic rings. The standard InChI is InChI=1S/C15H15BrFN3O/c1-2-21-12-6-5-10(7-11(12)17)18-14-8-13(16)19-15(20-14)9-3-4-9/h5-9H,2-4H2,1H3,(H,18,19,20). The van der Waals surface area contributed by atoms with Crippen LogP contribution >= 0.6 is 15.9 Å². The molecule has 0 amide bonds. The quantitative estimate of drug-likeness (QED) is 0.811. The van der Waals surface area contributed by atoms with E-state index < -0.39 is 5.82 Å². The molecule has 4 nitrogen and oxygen atoms in total. The number of ether oxygens (including phenoxy) is 1. The minimum absolute atomic E-state index is 0.255. The Morgan fingerprint density at radius 3 is 2.81 bits per heavy atom. The molecule has 1 heterocycles. The fourth-order valence-corrected chi connectivity index (χ4v) is 2.42. The van der Waals surface area contributed by atoms with E-state index in [0.717, 1.165) is 23.3 Å². The van der Waals surface area contributed by atoms with Crippen LogP contribution in [0.1, 0.15) is 31.5 Å². The number of rotatable bonds is 5. The first-order valence-corrected chi connectivity index (χ1v) is 7.69. The second-order valence-electron chi connectivity index (χ2n) is 4.91. The Morgan fingerprint density at radius 1 is 1.33 bits per heavy atom. The third-order valence-electron chi connectivity index (χ3n) is 3.16. The van der Waals surface area contributed by atoms with E-state index >= 15 is 0 Å². The van der Waals surface area contributed by atoms with Crippen molar-refractivity contribution in [2.24, 2.45) is 0 Å². The molecule has 0 radical (unpaired) electrons. The summed E-state index contributed by atoms with van der Waals surface area (Å²) in [7, 11) is 0. The molecular weight excluding hydrogens is 337 g/mol. The summed E-state index contributed by atoms with van der Waals surface area (Å²) < 4.78 is 19.7. The summed E-state index contributed by atoms with van der Waals surface area (Å²) in [6.45, 7) is 2.26. The van der Waals surface area contributed by atoms with Crippen molar-refractivity contribution in [2.75, 3.05) is 11.9 Å². The maximum Gasteiger partial charge on any atom is 0.167 e. The highest BCUT2D eigenvalue weighted by Crippen LogP contribution is 2.39. The van der Waals surface area contributed by atoms with Crippen LogP contribution in [0, 0.1) is 5.82 Å². The van der Waals surface area contributed by atoms with Gasteiger partial charge in [0.25, 0.3) is 0 Å². The van der Waals surface area contributed by atoms with Crippen LogP contribution in [0.5, 0.6) is 5.75 Å². The summed E-state index contributed by atoms with van der Waals surface area (Å²) in [6.07, 6.45) is 2.27. The van der Waals surface area contributed by atoms with Gasteiger partial charge in [-0.15, -0.1) is 0 Å². The van der Waals surface area contributed by atoms with E-state index in [2.05, 4.69) is 31.2 Å². The van der Waals surface area contributed by atoms with Crippen molar-refractivity contribution in [2.45, 2.75) is 25.7 Å². The van der Waals surface area contributed by atoms with Crippen molar-refractivity contribution in [3.63, 3.8) is 0 Å². The minimum Gasteiger partial charge on any atom is -0.491 e. The molecule has 21 heavy (non-hydrogen) atoms. The highest BCUT2D eigenvalue weighted by atomic mass is 79.9. The van der Waals surface area contributed by atoms with Gasteiger partial charge in [0.1, 0.15) is 16.2 Å². The van der Waals surface area contributed by atoms with Crippen LogP contribution in [0.15, 0.2) is 28.9 Å². The Hall–Kier alpha value is -1.69. The van der Waals surface area contributed by atoms with Gasteiger partial charge in [0.2, 0.25) is 0 Å². The van der Waals surface area contributed by atoms with Gasteiger partial charge in [-0.3, -0.25) is 0 Å². The van der Waals surface area contributed by atoms with E-state index in [1.54, 1.807) is 18.2 Å². The van der Waals surface area contributed by atoms with Crippen molar-refractivity contribution in [3.05, 3.63) is 40.5 Å². The maximum atomic E-state index is 13.8. The summed E-state index contributed by atoms with van der Waals surface area (Å²) in [5.41, 5.74) is 0.628. The number of nitrogens with zero attached hydrogens (tertiary/aromatic N) is 2. The average Bonchev–Trinajstić information content (AvgIpc) is 3.26. The first kappa shape index (κ1) is 14.3. The third-order valence-corrected chi connectivity index (χ3v) is 3.57. The van der Waals surface area contributed by atoms with E-state index in [0.29, 0.717) is 24.0 Å². The normalized spacial score (nSPS) is 14.0. The van der Waals surface area contributed by atoms with Gasteiger partial charge in [-0.25, -0.2) is 14.4 Å². The van der Waals surface area contributed by atoms with Crippen molar-refractivity contribution >= 4 is 27.4 Å². The second kappa shape index (κ2) is 5.97. The topological polar surface area (TPSA) is 47.0 Å². The molecule has 0 aliphatic heterocycles. The molecule has 1 aliphatic carbocycles. The zero-order valence-corrected chi connectivity index (χ0v) is 13.2. The van der Waals surface area contributed by atoms with Crippen LogP contribution in [-0.4, -0.2) is 16.6 Å². The molecule has 1 fully saturated rings. The second-order valence-corrected chi connectivity index (χ2v) is 5.72. The largest absolute Gasteiger partial charge is 0.491 e. The molecule has 1 saturated carbocycles. The number of aromatic nitrogens is 2. The molecule has 0 bridgehead atoms. The molecule has 110 valence electrons. The Kier molecular flexibility index (Phi) is 4.05. The van der Waals surface area contributed by atoms with Gasteiger partial charge in [0, 0.05) is 23.7 Å². The smallest absolute Gasteiger partial charge is 0.167 e. The SMILES string of the molecule is CCOc1ccc(Nc2cc(Br)nc(C3CC3)n2)cc1F. The van der Waals surface area contributed by atoms with Gasteiger partial charge in [-0.05, 0) is 47.8 Å². The van der Waals surface area contributed by atoms with E-state index in [1.165, 1.54) is 6.07 Å².